The molecule has 0 bridgehead atoms. The van der Waals surface area contributed by atoms with E-state index in [1.807, 2.05) is 78.9 Å². The van der Waals surface area contributed by atoms with Gasteiger partial charge in [-0.2, -0.15) is 30.3 Å². The third-order valence-corrected chi connectivity index (χ3v) is 7.85. The van der Waals surface area contributed by atoms with Crippen molar-refractivity contribution in [3.63, 3.8) is 0 Å². The first kappa shape index (κ1) is 33.6. The van der Waals surface area contributed by atoms with Crippen molar-refractivity contribution in [1.29, 1.82) is 0 Å². The Morgan fingerprint density at radius 2 is 1.28 bits per heavy atom. The summed E-state index contributed by atoms with van der Waals surface area (Å²) >= 11 is 0. The summed E-state index contributed by atoms with van der Waals surface area (Å²) in [4.78, 5) is 18.2. The molecule has 10 heteroatoms. The van der Waals surface area contributed by atoms with Gasteiger partial charge in [-0.1, -0.05) is 72.8 Å². The van der Waals surface area contributed by atoms with Gasteiger partial charge in [0.05, 0.1) is 15.3 Å². The van der Waals surface area contributed by atoms with E-state index in [-0.39, 0.29) is 36.7 Å². The zero-order valence-corrected chi connectivity index (χ0v) is 26.5. The fourth-order valence-electron chi connectivity index (χ4n) is 4.42. The molecule has 0 saturated heterocycles. The number of rotatable bonds is 5. The van der Waals surface area contributed by atoms with E-state index in [1.165, 1.54) is 23.3 Å². The Hall–Kier alpha value is -5.27. The molecule has 7 aromatic rings. The maximum Gasteiger partial charge on any atom is 2.00 e. The van der Waals surface area contributed by atoms with Crippen LogP contribution in [0.2, 0.25) is 0 Å². The number of nitrogens with zero attached hydrogens (tertiary/aromatic N) is 4. The van der Waals surface area contributed by atoms with Crippen molar-refractivity contribution in [3.05, 3.63) is 179 Å². The van der Waals surface area contributed by atoms with Crippen LogP contribution in [0.1, 0.15) is 0 Å². The van der Waals surface area contributed by atoms with Gasteiger partial charge in [-0.3, -0.25) is 20.1 Å². The Morgan fingerprint density at radius 1 is 0.652 bits per heavy atom. The summed E-state index contributed by atoms with van der Waals surface area (Å²) in [5, 5.41) is 13.1. The van der Waals surface area contributed by atoms with Crippen molar-refractivity contribution in [2.24, 2.45) is 0 Å². The monoisotopic (exact) mass is 716 g/mol. The first-order valence-corrected chi connectivity index (χ1v) is 15.2. The van der Waals surface area contributed by atoms with Crippen LogP contribution in [-0.4, -0.2) is 23.3 Å². The number of aromatic nitrogens is 2. The van der Waals surface area contributed by atoms with Gasteiger partial charge in [-0.05, 0) is 46.7 Å². The summed E-state index contributed by atoms with van der Waals surface area (Å²) in [6.45, 7) is 0. The topological polar surface area (TPSA) is 117 Å². The molecule has 0 aliphatic heterocycles. The molecule has 7 rings (SSSR count). The number of fused-ring (bicyclic) bond motifs is 3. The fourth-order valence-corrected chi connectivity index (χ4v) is 5.41. The second kappa shape index (κ2) is 16.2. The minimum atomic E-state index is -4.04. The Bertz CT molecular complexity index is 2050. The zero-order chi connectivity index (χ0) is 31.5. The minimum Gasteiger partial charge on any atom is -0.572 e. The summed E-state index contributed by atoms with van der Waals surface area (Å²) in [7, 11) is -4.04. The molecular weight excluding hydrogens is 691 g/mol. The molecule has 0 fully saturated rings. The second-order valence-corrected chi connectivity index (χ2v) is 11.1. The van der Waals surface area contributed by atoms with E-state index in [9.17, 15) is 18.5 Å². The molecule has 0 N–H and O–H groups in total. The average molecular weight is 717 g/mol. The summed E-state index contributed by atoms with van der Waals surface area (Å²) in [5.74, 6) is 0. The van der Waals surface area contributed by atoms with Gasteiger partial charge in [0.15, 0.2) is 0 Å². The number of benzene rings is 5. The van der Waals surface area contributed by atoms with Crippen LogP contribution in [0.15, 0.2) is 163 Å². The number of hydrogen-bond donors (Lipinski definition) is 0. The number of pyridine rings is 2. The van der Waals surface area contributed by atoms with Crippen molar-refractivity contribution in [1.82, 2.24) is 9.97 Å². The van der Waals surface area contributed by atoms with Gasteiger partial charge in [0, 0.05) is 36.1 Å². The van der Waals surface area contributed by atoms with E-state index in [1.54, 1.807) is 30.7 Å². The van der Waals surface area contributed by atoms with Crippen LogP contribution >= 0.6 is 0 Å². The molecule has 0 aliphatic rings. The van der Waals surface area contributed by atoms with Crippen molar-refractivity contribution in [3.8, 4) is 11.1 Å². The van der Waals surface area contributed by atoms with Gasteiger partial charge >= 0.3 is 20.4 Å². The second-order valence-electron chi connectivity index (χ2n) is 9.51. The molecule has 0 unspecified atom stereocenters. The molecule has 2 heterocycles. The van der Waals surface area contributed by atoms with E-state index in [2.05, 4.69) is 45.0 Å². The van der Waals surface area contributed by atoms with E-state index < -0.39 is 14.9 Å². The van der Waals surface area contributed by atoms with Gasteiger partial charge in [0.1, 0.15) is 10.0 Å². The standard InChI is InChI=1S/C19H12N3O4S.C12H9.C5H5N.Pd/c23-22(24)15-8-10-16(11-9-15)27(25,26)21-17-5-1-3-13-6-7-14-4-2-12-20-19(14)18(13)17;1-3-7-11(8-4-1)12-9-5-2-6-10-12;1-2-4-6-5-3-1;/h1-12H;1,3-10H;1-5H;/q2*-1;;+2. The van der Waals surface area contributed by atoms with Crippen LogP contribution < -0.4 is 0 Å². The van der Waals surface area contributed by atoms with Crippen molar-refractivity contribution < 1.29 is 33.8 Å². The molecule has 0 atom stereocenters. The van der Waals surface area contributed by atoms with Gasteiger partial charge < -0.3 is 4.72 Å². The number of sulfonamides is 1. The molecule has 230 valence electrons. The summed E-state index contributed by atoms with van der Waals surface area (Å²) in [6, 6.07) is 44.4. The average Bonchev–Trinajstić information content (AvgIpc) is 3.10. The SMILES string of the molecule is O=[N+]([O-])c1ccc(S(=O)(=O)[N-]c2cccc3ccc4cccnc4c23)cc1.[Pd+2].[c-]1ccc(-c2ccccc2)cc1.c1ccncc1. The van der Waals surface area contributed by atoms with Crippen LogP contribution in [0.4, 0.5) is 11.4 Å². The molecule has 0 radical (unpaired) electrons. The van der Waals surface area contributed by atoms with Crippen LogP contribution in [0.3, 0.4) is 0 Å². The Morgan fingerprint density at radius 3 is 1.91 bits per heavy atom. The van der Waals surface area contributed by atoms with E-state index in [4.69, 9.17) is 0 Å². The summed E-state index contributed by atoms with van der Waals surface area (Å²) < 4.78 is 29.4. The molecule has 0 amide bonds. The molecule has 46 heavy (non-hydrogen) atoms. The van der Waals surface area contributed by atoms with Crippen LogP contribution in [0.25, 0.3) is 37.5 Å². The largest absolute Gasteiger partial charge is 2.00 e. The van der Waals surface area contributed by atoms with Crippen molar-refractivity contribution >= 4 is 43.1 Å². The van der Waals surface area contributed by atoms with Crippen LogP contribution in [-0.2, 0) is 30.4 Å². The van der Waals surface area contributed by atoms with E-state index in [0.717, 1.165) is 22.9 Å². The van der Waals surface area contributed by atoms with Gasteiger partial charge in [-0.25, -0.2) is 8.42 Å². The van der Waals surface area contributed by atoms with Crippen LogP contribution in [0.5, 0.6) is 0 Å². The molecule has 5 aromatic carbocycles. The van der Waals surface area contributed by atoms with Crippen molar-refractivity contribution in [2.75, 3.05) is 0 Å². The Labute approximate surface area is 280 Å². The molecule has 0 spiro atoms. The molecule has 2 aromatic heterocycles. The van der Waals surface area contributed by atoms with Gasteiger partial charge in [0.2, 0.25) is 0 Å². The molecule has 8 nitrogen and oxygen atoms in total. The first-order chi connectivity index (χ1) is 21.9. The number of non-ortho nitro benzene ring substituents is 1. The number of hydrogen-bond acceptors (Lipinski definition) is 6. The zero-order valence-electron chi connectivity index (χ0n) is 24.2. The third-order valence-electron chi connectivity index (χ3n) is 6.55. The quantitative estimate of drug-likeness (QED) is 0.0577. The third kappa shape index (κ3) is 8.67. The number of nitro benzene ring substituents is 1. The molecule has 0 aliphatic carbocycles. The van der Waals surface area contributed by atoms with Gasteiger partial charge in [0.25, 0.3) is 5.69 Å². The predicted octanol–water partition coefficient (Wildman–Crippen LogP) is 8.92. The summed E-state index contributed by atoms with van der Waals surface area (Å²) in [6.07, 6.45) is 5.14. The smallest absolute Gasteiger partial charge is 0.572 e. The van der Waals surface area contributed by atoms with Crippen molar-refractivity contribution in [2.45, 2.75) is 4.90 Å². The Balaban J connectivity index is 0.000000207. The maximum atomic E-state index is 12.7. The normalized spacial score (nSPS) is 10.3. The first-order valence-electron chi connectivity index (χ1n) is 13.8. The maximum absolute atomic E-state index is 12.7. The van der Waals surface area contributed by atoms with Crippen LogP contribution in [0, 0.1) is 16.2 Å². The minimum absolute atomic E-state index is 0. The van der Waals surface area contributed by atoms with Gasteiger partial charge in [-0.15, -0.1) is 11.3 Å². The van der Waals surface area contributed by atoms with E-state index >= 15 is 0 Å². The molecule has 0 saturated carbocycles. The van der Waals surface area contributed by atoms with E-state index in [0.29, 0.717) is 10.9 Å². The predicted molar refractivity (Wildman–Crippen MR) is 178 cm³/mol. The Kier molecular flexibility index (Phi) is 11.8. The molecular formula is C36H26N4O4PdS. The number of nitro groups is 1. The summed E-state index contributed by atoms with van der Waals surface area (Å²) in [5.41, 5.74) is 3.25. The fraction of sp³-hybridized carbons (Fsp3) is 0.